The van der Waals surface area contributed by atoms with Crippen molar-refractivity contribution in [3.8, 4) is 5.75 Å². The number of hydrogen-bond donors (Lipinski definition) is 2. The summed E-state index contributed by atoms with van der Waals surface area (Å²) >= 11 is 0. The first kappa shape index (κ1) is 17.8. The fourth-order valence-corrected chi connectivity index (χ4v) is 1.84. The molecule has 0 fully saturated rings. The van der Waals surface area contributed by atoms with E-state index in [-0.39, 0.29) is 13.0 Å². The Morgan fingerprint density at radius 2 is 2.09 bits per heavy atom. The average Bonchev–Trinajstić information content (AvgIpc) is 2.49. The van der Waals surface area contributed by atoms with Gasteiger partial charge in [0.1, 0.15) is 11.8 Å². The lowest BCUT2D eigenvalue weighted by Crippen LogP contribution is -2.42. The van der Waals surface area contributed by atoms with Gasteiger partial charge in [0, 0.05) is 0 Å². The highest BCUT2D eigenvalue weighted by Crippen LogP contribution is 2.19. The molecule has 0 heterocycles. The summed E-state index contributed by atoms with van der Waals surface area (Å²) in [4.78, 5) is 22.8. The lowest BCUT2D eigenvalue weighted by Gasteiger charge is -2.14. The van der Waals surface area contributed by atoms with E-state index in [1.807, 2.05) is 18.2 Å². The van der Waals surface area contributed by atoms with Crippen molar-refractivity contribution in [3.63, 3.8) is 0 Å². The van der Waals surface area contributed by atoms with Crippen LogP contribution in [0, 0.1) is 0 Å². The molecule has 1 aromatic rings. The molecule has 0 aromatic heterocycles. The molecule has 1 amide bonds. The van der Waals surface area contributed by atoms with Crippen LogP contribution in [0.4, 0.5) is 0 Å². The van der Waals surface area contributed by atoms with Crippen LogP contribution in [0.3, 0.4) is 0 Å². The summed E-state index contributed by atoms with van der Waals surface area (Å²) in [6, 6.07) is 6.58. The monoisotopic (exact) mass is 305 g/mol. The number of hydrogen-bond acceptors (Lipinski definition) is 3. The van der Waals surface area contributed by atoms with Gasteiger partial charge in [-0.2, -0.15) is 0 Å². The van der Waals surface area contributed by atoms with Gasteiger partial charge in [-0.25, -0.2) is 4.79 Å². The summed E-state index contributed by atoms with van der Waals surface area (Å²) in [6.07, 6.45) is 3.70. The highest BCUT2D eigenvalue weighted by atomic mass is 16.5. The molecule has 2 N–H and O–H groups in total. The first-order valence-corrected chi connectivity index (χ1v) is 7.30. The maximum absolute atomic E-state index is 11.8. The van der Waals surface area contributed by atoms with Gasteiger partial charge in [-0.15, -0.1) is 0 Å². The number of aliphatic carboxylic acids is 1. The van der Waals surface area contributed by atoms with Gasteiger partial charge in [0.25, 0.3) is 5.91 Å². The number of benzene rings is 1. The molecule has 22 heavy (non-hydrogen) atoms. The fraction of sp³-hybridized carbons (Fsp3) is 0.412. The van der Waals surface area contributed by atoms with Crippen LogP contribution in [-0.4, -0.2) is 29.6 Å². The maximum Gasteiger partial charge on any atom is 0.326 e. The van der Waals surface area contributed by atoms with E-state index in [4.69, 9.17) is 9.84 Å². The minimum atomic E-state index is -1.06. The number of carboxylic acid groups (broad SMARTS) is 1. The predicted octanol–water partition coefficient (Wildman–Crippen LogP) is 2.72. The molecule has 5 nitrogen and oxygen atoms in total. The van der Waals surface area contributed by atoms with Crippen molar-refractivity contribution in [2.45, 2.75) is 39.2 Å². The van der Waals surface area contributed by atoms with E-state index in [2.05, 4.69) is 19.2 Å². The summed E-state index contributed by atoms with van der Waals surface area (Å²) in [5, 5.41) is 11.5. The van der Waals surface area contributed by atoms with Gasteiger partial charge in [-0.3, -0.25) is 4.79 Å². The topological polar surface area (TPSA) is 75.6 Å². The Bertz CT molecular complexity index is 537. The smallest absolute Gasteiger partial charge is 0.326 e. The maximum atomic E-state index is 11.8. The standard InChI is InChI=1S/C17H23NO4/c1-4-5-9-15(17(20)21)18-16(19)11-22-14-8-6-7-13(10-14)12(2)3/h4-8,10,12,15H,9,11H2,1-3H3,(H,18,19)(H,20,21)/b5-4+. The minimum absolute atomic E-state index is 0.207. The van der Waals surface area contributed by atoms with Crippen molar-refractivity contribution >= 4 is 11.9 Å². The average molecular weight is 305 g/mol. The Morgan fingerprint density at radius 3 is 2.68 bits per heavy atom. The molecule has 1 atom stereocenters. The fourth-order valence-electron chi connectivity index (χ4n) is 1.84. The number of carboxylic acids is 1. The largest absolute Gasteiger partial charge is 0.484 e. The van der Waals surface area contributed by atoms with Gasteiger partial charge in [-0.1, -0.05) is 38.1 Å². The molecule has 0 radical (unpaired) electrons. The molecule has 1 unspecified atom stereocenters. The first-order chi connectivity index (χ1) is 10.4. The van der Waals surface area contributed by atoms with E-state index < -0.39 is 17.9 Å². The molecule has 1 rings (SSSR count). The molecule has 0 saturated heterocycles. The predicted molar refractivity (Wildman–Crippen MR) is 85.0 cm³/mol. The number of allylic oxidation sites excluding steroid dienone is 1. The molecule has 0 saturated carbocycles. The van der Waals surface area contributed by atoms with Crippen molar-refractivity contribution in [1.82, 2.24) is 5.32 Å². The molecule has 0 aliphatic heterocycles. The Morgan fingerprint density at radius 1 is 1.36 bits per heavy atom. The molecule has 1 aromatic carbocycles. The highest BCUT2D eigenvalue weighted by molar-refractivity contribution is 5.84. The van der Waals surface area contributed by atoms with Gasteiger partial charge in [0.05, 0.1) is 0 Å². The van der Waals surface area contributed by atoms with Crippen molar-refractivity contribution in [2.24, 2.45) is 0 Å². The molecule has 5 heteroatoms. The van der Waals surface area contributed by atoms with Crippen LogP contribution < -0.4 is 10.1 Å². The van der Waals surface area contributed by atoms with Crippen molar-refractivity contribution in [3.05, 3.63) is 42.0 Å². The van der Waals surface area contributed by atoms with Crippen LogP contribution in [0.5, 0.6) is 5.75 Å². The lowest BCUT2D eigenvalue weighted by atomic mass is 10.0. The second-order valence-corrected chi connectivity index (χ2v) is 5.28. The summed E-state index contributed by atoms with van der Waals surface area (Å²) in [5.74, 6) is -0.545. The van der Waals surface area contributed by atoms with Crippen LogP contribution in [0.2, 0.25) is 0 Å². The Balaban J connectivity index is 2.54. The lowest BCUT2D eigenvalue weighted by molar-refractivity contribution is -0.142. The molecule has 0 spiro atoms. The van der Waals surface area contributed by atoms with Gasteiger partial charge in [0.2, 0.25) is 0 Å². The third-order valence-electron chi connectivity index (χ3n) is 3.14. The molecule has 0 bridgehead atoms. The molecule has 0 aliphatic carbocycles. The summed E-state index contributed by atoms with van der Waals surface area (Å²) in [6.45, 7) is 5.74. The SMILES string of the molecule is C/C=C/CC(NC(=O)COc1cccc(C(C)C)c1)C(=O)O. The third-order valence-corrected chi connectivity index (χ3v) is 3.14. The normalized spacial score (nSPS) is 12.4. The zero-order valence-corrected chi connectivity index (χ0v) is 13.2. The Kier molecular flexibility index (Phi) is 7.16. The van der Waals surface area contributed by atoms with Crippen LogP contribution in [0.1, 0.15) is 38.7 Å². The zero-order chi connectivity index (χ0) is 16.5. The number of nitrogens with one attached hydrogen (secondary N) is 1. The van der Waals surface area contributed by atoms with Gasteiger partial charge in [-0.05, 0) is 37.0 Å². The number of rotatable bonds is 8. The van der Waals surface area contributed by atoms with E-state index in [9.17, 15) is 9.59 Å². The Labute approximate surface area is 131 Å². The van der Waals surface area contributed by atoms with Gasteiger partial charge < -0.3 is 15.2 Å². The zero-order valence-electron chi connectivity index (χ0n) is 13.2. The van der Waals surface area contributed by atoms with E-state index in [1.165, 1.54) is 0 Å². The Hall–Kier alpha value is -2.30. The summed E-state index contributed by atoms with van der Waals surface area (Å²) in [5.41, 5.74) is 1.12. The van der Waals surface area contributed by atoms with Crippen molar-refractivity contribution in [2.75, 3.05) is 6.61 Å². The van der Waals surface area contributed by atoms with Crippen molar-refractivity contribution in [1.29, 1.82) is 0 Å². The molecular formula is C17H23NO4. The van der Waals surface area contributed by atoms with Crippen LogP contribution in [0.25, 0.3) is 0 Å². The number of amides is 1. The van der Waals surface area contributed by atoms with E-state index in [0.717, 1.165) is 5.56 Å². The quantitative estimate of drug-likeness (QED) is 0.724. The second-order valence-electron chi connectivity index (χ2n) is 5.28. The minimum Gasteiger partial charge on any atom is -0.484 e. The molecule has 120 valence electrons. The van der Waals surface area contributed by atoms with Crippen LogP contribution >= 0.6 is 0 Å². The van der Waals surface area contributed by atoms with E-state index in [0.29, 0.717) is 11.7 Å². The van der Waals surface area contributed by atoms with Crippen LogP contribution in [0.15, 0.2) is 36.4 Å². The van der Waals surface area contributed by atoms with E-state index >= 15 is 0 Å². The van der Waals surface area contributed by atoms with E-state index in [1.54, 1.807) is 25.1 Å². The number of carbonyl (C=O) groups is 2. The molecular weight excluding hydrogens is 282 g/mol. The number of ether oxygens (including phenoxy) is 1. The van der Waals surface area contributed by atoms with Gasteiger partial charge in [0.15, 0.2) is 6.61 Å². The number of carbonyl (C=O) groups excluding carboxylic acids is 1. The summed E-state index contributed by atoms with van der Waals surface area (Å²) in [7, 11) is 0. The first-order valence-electron chi connectivity index (χ1n) is 7.30. The third kappa shape index (κ3) is 5.99. The van der Waals surface area contributed by atoms with Gasteiger partial charge >= 0.3 is 5.97 Å². The van der Waals surface area contributed by atoms with Crippen LogP contribution in [-0.2, 0) is 9.59 Å². The van der Waals surface area contributed by atoms with Crippen molar-refractivity contribution < 1.29 is 19.4 Å². The highest BCUT2D eigenvalue weighted by Gasteiger charge is 2.18. The second kappa shape index (κ2) is 8.87. The molecule has 0 aliphatic rings. The summed E-state index contributed by atoms with van der Waals surface area (Å²) < 4.78 is 5.42.